The van der Waals surface area contributed by atoms with Crippen molar-refractivity contribution in [3.05, 3.63) is 0 Å². The first-order valence-electron chi connectivity index (χ1n) is 6.78. The third-order valence-corrected chi connectivity index (χ3v) is 4.30. The maximum Gasteiger partial charge on any atom is 0.237 e. The van der Waals surface area contributed by atoms with Gasteiger partial charge in [-0.3, -0.25) is 0 Å². The van der Waals surface area contributed by atoms with Gasteiger partial charge >= 0.3 is 0 Å². The SMILES string of the molecule is CCO[C@@H]1CN2C(N)=N[C@@H](CO)[C@@H]3N=C(N)N[C@@]32C1(O)O. The van der Waals surface area contributed by atoms with Gasteiger partial charge in [0.1, 0.15) is 18.2 Å². The molecule has 3 rings (SSSR count). The molecular formula is C11H20N6O4. The first-order valence-corrected chi connectivity index (χ1v) is 6.78. The Bertz CT molecular complexity index is 509. The Balaban J connectivity index is 2.11. The number of hydrogen-bond acceptors (Lipinski definition) is 10. The lowest BCUT2D eigenvalue weighted by molar-refractivity contribution is -0.265. The molecule has 0 radical (unpaired) electrons. The van der Waals surface area contributed by atoms with Crippen LogP contribution in [0.1, 0.15) is 6.92 Å². The van der Waals surface area contributed by atoms with E-state index >= 15 is 0 Å². The number of nitrogens with one attached hydrogen (secondary N) is 1. The summed E-state index contributed by atoms with van der Waals surface area (Å²) in [5.74, 6) is -2.18. The van der Waals surface area contributed by atoms with Gasteiger partial charge in [0, 0.05) is 6.61 Å². The maximum absolute atomic E-state index is 10.7. The van der Waals surface area contributed by atoms with E-state index in [0.29, 0.717) is 6.61 Å². The summed E-state index contributed by atoms with van der Waals surface area (Å²) >= 11 is 0. The van der Waals surface area contributed by atoms with E-state index in [-0.39, 0.29) is 25.1 Å². The molecule has 0 aromatic rings. The molecule has 1 spiro atoms. The fourth-order valence-corrected chi connectivity index (χ4v) is 3.42. The molecule has 8 N–H and O–H groups in total. The molecule has 10 nitrogen and oxygen atoms in total. The van der Waals surface area contributed by atoms with Gasteiger partial charge in [0.15, 0.2) is 17.6 Å². The zero-order valence-corrected chi connectivity index (χ0v) is 11.6. The Hall–Kier alpha value is -1.62. The van der Waals surface area contributed by atoms with Crippen molar-refractivity contribution in [2.75, 3.05) is 19.8 Å². The second-order valence-corrected chi connectivity index (χ2v) is 5.37. The summed E-state index contributed by atoms with van der Waals surface area (Å²) in [6, 6.07) is -1.50. The summed E-state index contributed by atoms with van der Waals surface area (Å²) in [6.07, 6.45) is -0.912. The second kappa shape index (κ2) is 4.44. The number of aliphatic imine (C=N–C) groups is 2. The van der Waals surface area contributed by atoms with Crippen molar-refractivity contribution in [3.63, 3.8) is 0 Å². The van der Waals surface area contributed by atoms with Crippen LogP contribution in [0.25, 0.3) is 0 Å². The quantitative estimate of drug-likeness (QED) is 0.288. The predicted molar refractivity (Wildman–Crippen MR) is 73.1 cm³/mol. The minimum absolute atomic E-state index is 0.0398. The van der Waals surface area contributed by atoms with E-state index < -0.39 is 29.6 Å². The zero-order valence-electron chi connectivity index (χ0n) is 11.6. The molecule has 21 heavy (non-hydrogen) atoms. The summed E-state index contributed by atoms with van der Waals surface area (Å²) in [6.45, 7) is 1.85. The van der Waals surface area contributed by atoms with Crippen LogP contribution in [0.15, 0.2) is 9.98 Å². The van der Waals surface area contributed by atoms with E-state index in [9.17, 15) is 15.3 Å². The average molecular weight is 300 g/mol. The van der Waals surface area contributed by atoms with Gasteiger partial charge in [0.05, 0.1) is 13.2 Å². The molecule has 118 valence electrons. The van der Waals surface area contributed by atoms with Crippen LogP contribution in [0, 0.1) is 0 Å². The fourth-order valence-electron chi connectivity index (χ4n) is 3.42. The van der Waals surface area contributed by atoms with E-state index in [1.165, 1.54) is 4.90 Å². The summed E-state index contributed by atoms with van der Waals surface area (Å²) in [7, 11) is 0. The Morgan fingerprint density at radius 1 is 1.43 bits per heavy atom. The van der Waals surface area contributed by atoms with E-state index in [4.69, 9.17) is 16.2 Å². The van der Waals surface area contributed by atoms with Crippen molar-refractivity contribution >= 4 is 11.9 Å². The topological polar surface area (TPSA) is 162 Å². The number of hydrogen-bond donors (Lipinski definition) is 6. The smallest absolute Gasteiger partial charge is 0.237 e. The first kappa shape index (κ1) is 14.3. The molecule has 3 aliphatic heterocycles. The van der Waals surface area contributed by atoms with Crippen molar-refractivity contribution in [2.24, 2.45) is 21.5 Å². The Labute approximate surface area is 121 Å². The molecule has 0 amide bonds. The minimum atomic E-state index is -2.30. The molecule has 0 aromatic carbocycles. The molecule has 0 saturated carbocycles. The van der Waals surface area contributed by atoms with Gasteiger partial charge in [-0.25, -0.2) is 9.98 Å². The Kier molecular flexibility index (Phi) is 3.03. The predicted octanol–water partition coefficient (Wildman–Crippen LogP) is -3.94. The van der Waals surface area contributed by atoms with Crippen LogP contribution in [-0.4, -0.2) is 81.5 Å². The maximum atomic E-state index is 10.7. The second-order valence-electron chi connectivity index (χ2n) is 5.37. The van der Waals surface area contributed by atoms with Gasteiger partial charge in [-0.1, -0.05) is 0 Å². The van der Waals surface area contributed by atoms with Gasteiger partial charge < -0.3 is 41.7 Å². The van der Waals surface area contributed by atoms with Crippen LogP contribution >= 0.6 is 0 Å². The molecule has 3 aliphatic rings. The largest absolute Gasteiger partial charge is 0.394 e. The Morgan fingerprint density at radius 3 is 2.76 bits per heavy atom. The van der Waals surface area contributed by atoms with Gasteiger partial charge in [-0.15, -0.1) is 0 Å². The fraction of sp³-hybridized carbons (Fsp3) is 0.818. The van der Waals surface area contributed by atoms with E-state index in [1.54, 1.807) is 6.92 Å². The molecular weight excluding hydrogens is 280 g/mol. The molecule has 0 aromatic heterocycles. The summed E-state index contributed by atoms with van der Waals surface area (Å²) in [5.41, 5.74) is 10.2. The standard InChI is InChI=1S/C11H20N6O4/c1-2-21-6-3-17-9(13)14-5(4-18)7-10(17,11(6,19)20)16-8(12)15-7/h5-7,18-20H,2-4H2,1H3,(H2,13,14)(H3,12,15,16)/t5-,6+,7-,10-/m0/s1. The van der Waals surface area contributed by atoms with Crippen molar-refractivity contribution in [3.8, 4) is 0 Å². The highest BCUT2D eigenvalue weighted by molar-refractivity contribution is 5.87. The van der Waals surface area contributed by atoms with Gasteiger partial charge in [0.25, 0.3) is 0 Å². The number of nitrogens with zero attached hydrogens (tertiary/aromatic N) is 3. The molecule has 10 heteroatoms. The van der Waals surface area contributed by atoms with E-state index in [0.717, 1.165) is 0 Å². The van der Waals surface area contributed by atoms with Gasteiger partial charge in [-0.2, -0.15) is 0 Å². The van der Waals surface area contributed by atoms with Gasteiger partial charge in [-0.05, 0) is 6.92 Å². The van der Waals surface area contributed by atoms with Crippen LogP contribution in [0.5, 0.6) is 0 Å². The number of aliphatic hydroxyl groups excluding tert-OH is 1. The van der Waals surface area contributed by atoms with Crippen molar-refractivity contribution in [1.82, 2.24) is 10.2 Å². The average Bonchev–Trinajstić information content (AvgIpc) is 2.88. The van der Waals surface area contributed by atoms with Crippen LogP contribution < -0.4 is 16.8 Å². The summed E-state index contributed by atoms with van der Waals surface area (Å²) in [5, 5.41) is 33.7. The van der Waals surface area contributed by atoms with E-state index in [1.807, 2.05) is 0 Å². The van der Waals surface area contributed by atoms with Crippen LogP contribution in [0.3, 0.4) is 0 Å². The normalized spacial score (nSPS) is 40.2. The first-order chi connectivity index (χ1) is 9.88. The molecule has 1 saturated heterocycles. The molecule has 1 fully saturated rings. The lowest BCUT2D eigenvalue weighted by Gasteiger charge is -2.48. The number of aliphatic hydroxyl groups is 3. The van der Waals surface area contributed by atoms with Crippen LogP contribution in [0.4, 0.5) is 0 Å². The zero-order chi connectivity index (χ0) is 15.4. The number of nitrogens with two attached hydrogens (primary N) is 2. The molecule has 4 atom stereocenters. The highest BCUT2D eigenvalue weighted by Crippen LogP contribution is 2.45. The molecule has 3 heterocycles. The number of guanidine groups is 2. The highest BCUT2D eigenvalue weighted by atomic mass is 16.6. The number of ether oxygens (including phenoxy) is 1. The Morgan fingerprint density at radius 2 is 2.14 bits per heavy atom. The molecule has 0 bridgehead atoms. The van der Waals surface area contributed by atoms with E-state index in [2.05, 4.69) is 15.3 Å². The third kappa shape index (κ3) is 1.61. The number of rotatable bonds is 3. The summed E-state index contributed by atoms with van der Waals surface area (Å²) in [4.78, 5) is 9.82. The molecule has 0 unspecified atom stereocenters. The van der Waals surface area contributed by atoms with Crippen molar-refractivity contribution in [1.29, 1.82) is 0 Å². The monoisotopic (exact) mass is 300 g/mol. The summed E-state index contributed by atoms with van der Waals surface area (Å²) < 4.78 is 5.42. The highest BCUT2D eigenvalue weighted by Gasteiger charge is 2.73. The minimum Gasteiger partial charge on any atom is -0.394 e. The van der Waals surface area contributed by atoms with Crippen molar-refractivity contribution < 1.29 is 20.1 Å². The van der Waals surface area contributed by atoms with Crippen LogP contribution in [0.2, 0.25) is 0 Å². The van der Waals surface area contributed by atoms with Crippen molar-refractivity contribution in [2.45, 2.75) is 36.6 Å². The molecule has 0 aliphatic carbocycles. The third-order valence-electron chi connectivity index (χ3n) is 4.30. The van der Waals surface area contributed by atoms with Gasteiger partial charge in [0.2, 0.25) is 5.79 Å². The van der Waals surface area contributed by atoms with Crippen LogP contribution in [-0.2, 0) is 4.74 Å². The lowest BCUT2D eigenvalue weighted by Crippen LogP contribution is -2.77. The lowest BCUT2D eigenvalue weighted by atomic mass is 9.86.